The maximum Gasteiger partial charge on any atom is 0.238 e. The number of aromatic nitrogens is 2. The second kappa shape index (κ2) is 8.63. The van der Waals surface area contributed by atoms with Crippen molar-refractivity contribution in [2.24, 2.45) is 0 Å². The lowest BCUT2D eigenvalue weighted by atomic mass is 10.2. The zero-order chi connectivity index (χ0) is 20.2. The molecule has 1 fully saturated rings. The number of carbonyl (C=O) groups excluding carboxylic acids is 1. The van der Waals surface area contributed by atoms with E-state index in [2.05, 4.69) is 25.1 Å². The Hall–Kier alpha value is -2.90. The van der Waals surface area contributed by atoms with Gasteiger partial charge in [-0.05, 0) is 31.2 Å². The number of aryl methyl sites for hydroxylation is 1. The van der Waals surface area contributed by atoms with Crippen LogP contribution in [-0.2, 0) is 11.3 Å². The molecule has 2 N–H and O–H groups in total. The van der Waals surface area contributed by atoms with Gasteiger partial charge in [0.05, 0.1) is 31.2 Å². The van der Waals surface area contributed by atoms with Crippen LogP contribution in [0, 0.1) is 6.92 Å². The van der Waals surface area contributed by atoms with Crippen molar-refractivity contribution in [1.29, 1.82) is 0 Å². The van der Waals surface area contributed by atoms with Crippen LogP contribution in [0.25, 0.3) is 11.0 Å². The van der Waals surface area contributed by atoms with Gasteiger partial charge in [-0.3, -0.25) is 14.6 Å². The number of benzene rings is 2. The van der Waals surface area contributed by atoms with E-state index in [-0.39, 0.29) is 5.91 Å². The van der Waals surface area contributed by atoms with Crippen molar-refractivity contribution in [1.82, 2.24) is 19.8 Å². The molecule has 1 aromatic heterocycles. The molecule has 0 saturated carbocycles. The van der Waals surface area contributed by atoms with E-state index >= 15 is 0 Å². The Bertz CT molecular complexity index is 975. The summed E-state index contributed by atoms with van der Waals surface area (Å²) in [5.74, 6) is 1.82. The average molecular weight is 393 g/mol. The third kappa shape index (κ3) is 4.93. The number of imidazole rings is 1. The largest absolute Gasteiger partial charge is 0.497 e. The number of piperazine rings is 1. The molecule has 0 aliphatic carbocycles. The van der Waals surface area contributed by atoms with E-state index in [0.29, 0.717) is 6.54 Å². The summed E-state index contributed by atoms with van der Waals surface area (Å²) in [5.41, 5.74) is 3.97. The number of anilines is 1. The van der Waals surface area contributed by atoms with Crippen molar-refractivity contribution in [3.63, 3.8) is 0 Å². The molecular formula is C22H27N5O2. The molecule has 3 aromatic rings. The molecule has 1 saturated heterocycles. The Morgan fingerprint density at radius 2 is 1.83 bits per heavy atom. The average Bonchev–Trinajstić information content (AvgIpc) is 3.12. The Kier molecular flexibility index (Phi) is 5.78. The number of fused-ring (bicyclic) bond motifs is 1. The van der Waals surface area contributed by atoms with E-state index in [1.54, 1.807) is 7.11 Å². The van der Waals surface area contributed by atoms with Gasteiger partial charge in [0.1, 0.15) is 11.6 Å². The normalized spacial score (nSPS) is 15.5. The monoisotopic (exact) mass is 393 g/mol. The molecule has 29 heavy (non-hydrogen) atoms. The number of ether oxygens (including phenoxy) is 1. The maximum absolute atomic E-state index is 12.3. The number of hydrogen-bond donors (Lipinski definition) is 2. The molecule has 7 nitrogen and oxygen atoms in total. The van der Waals surface area contributed by atoms with Gasteiger partial charge in [0, 0.05) is 37.9 Å². The highest BCUT2D eigenvalue weighted by atomic mass is 16.5. The van der Waals surface area contributed by atoms with Gasteiger partial charge in [0.2, 0.25) is 5.91 Å². The fraction of sp³-hybridized carbons (Fsp3) is 0.364. The second-order valence-corrected chi connectivity index (χ2v) is 7.53. The molecule has 7 heteroatoms. The molecule has 152 valence electrons. The van der Waals surface area contributed by atoms with Gasteiger partial charge < -0.3 is 15.0 Å². The number of carbonyl (C=O) groups is 1. The quantitative estimate of drug-likeness (QED) is 0.674. The summed E-state index contributed by atoms with van der Waals surface area (Å²) >= 11 is 0. The number of methoxy groups -OCH3 is 1. The molecule has 0 bridgehead atoms. The van der Waals surface area contributed by atoms with E-state index in [1.807, 2.05) is 49.4 Å². The van der Waals surface area contributed by atoms with Crippen LogP contribution in [0.15, 0.2) is 42.5 Å². The number of rotatable bonds is 6. The lowest BCUT2D eigenvalue weighted by molar-refractivity contribution is -0.117. The van der Waals surface area contributed by atoms with E-state index < -0.39 is 0 Å². The molecule has 1 aliphatic rings. The van der Waals surface area contributed by atoms with Gasteiger partial charge in [-0.2, -0.15) is 0 Å². The van der Waals surface area contributed by atoms with Crippen molar-refractivity contribution >= 4 is 22.6 Å². The van der Waals surface area contributed by atoms with Gasteiger partial charge in [-0.15, -0.1) is 0 Å². The van der Waals surface area contributed by atoms with Crippen molar-refractivity contribution in [3.8, 4) is 5.75 Å². The van der Waals surface area contributed by atoms with Crippen LogP contribution in [0.5, 0.6) is 5.75 Å². The number of hydrogen-bond acceptors (Lipinski definition) is 5. The van der Waals surface area contributed by atoms with Gasteiger partial charge in [0.25, 0.3) is 0 Å². The van der Waals surface area contributed by atoms with E-state index in [0.717, 1.165) is 61.0 Å². The minimum Gasteiger partial charge on any atom is -0.497 e. The van der Waals surface area contributed by atoms with Gasteiger partial charge in [-0.25, -0.2) is 4.98 Å². The molecular weight excluding hydrogens is 366 g/mol. The van der Waals surface area contributed by atoms with Crippen LogP contribution in [0.2, 0.25) is 0 Å². The standard InChI is InChI=1S/C22H27N5O2/c1-16-3-5-17(6-4-16)23-22(28)15-27-11-9-26(10-12-27)14-21-24-19-8-7-18(29-2)13-20(19)25-21/h3-8,13H,9-12,14-15H2,1-2H3,(H,23,28)(H,24,25). The summed E-state index contributed by atoms with van der Waals surface area (Å²) in [6.07, 6.45) is 0. The summed E-state index contributed by atoms with van der Waals surface area (Å²) in [4.78, 5) is 24.9. The molecule has 2 heterocycles. The van der Waals surface area contributed by atoms with Crippen LogP contribution in [0.4, 0.5) is 5.69 Å². The minimum absolute atomic E-state index is 0.0357. The number of aromatic amines is 1. The first kappa shape index (κ1) is 19.4. The first-order valence-electron chi connectivity index (χ1n) is 9.93. The van der Waals surface area contributed by atoms with Crippen molar-refractivity contribution < 1.29 is 9.53 Å². The molecule has 0 unspecified atom stereocenters. The van der Waals surface area contributed by atoms with Crippen LogP contribution in [0.1, 0.15) is 11.4 Å². The fourth-order valence-electron chi connectivity index (χ4n) is 3.60. The highest BCUT2D eigenvalue weighted by Gasteiger charge is 2.20. The minimum atomic E-state index is 0.0357. The summed E-state index contributed by atoms with van der Waals surface area (Å²) in [6.45, 7) is 6.81. The number of amides is 1. The summed E-state index contributed by atoms with van der Waals surface area (Å²) in [5, 5.41) is 2.97. The maximum atomic E-state index is 12.3. The Labute approximate surface area is 170 Å². The summed E-state index contributed by atoms with van der Waals surface area (Å²) in [7, 11) is 1.67. The van der Waals surface area contributed by atoms with Crippen molar-refractivity contribution in [3.05, 3.63) is 53.9 Å². The first-order chi connectivity index (χ1) is 14.1. The van der Waals surface area contributed by atoms with Crippen molar-refractivity contribution in [2.75, 3.05) is 45.2 Å². The van der Waals surface area contributed by atoms with Crippen molar-refractivity contribution in [2.45, 2.75) is 13.5 Å². The van der Waals surface area contributed by atoms with Crippen LogP contribution < -0.4 is 10.1 Å². The predicted octanol–water partition coefficient (Wildman–Crippen LogP) is 2.64. The number of H-pyrrole nitrogens is 1. The van der Waals surface area contributed by atoms with Gasteiger partial charge in [0.15, 0.2) is 0 Å². The zero-order valence-electron chi connectivity index (χ0n) is 16.9. The molecule has 0 atom stereocenters. The molecule has 1 aliphatic heterocycles. The zero-order valence-corrected chi connectivity index (χ0v) is 16.9. The second-order valence-electron chi connectivity index (χ2n) is 7.53. The Morgan fingerprint density at radius 3 is 2.55 bits per heavy atom. The molecule has 1 amide bonds. The van der Waals surface area contributed by atoms with Crippen LogP contribution >= 0.6 is 0 Å². The van der Waals surface area contributed by atoms with Gasteiger partial charge in [-0.1, -0.05) is 17.7 Å². The van der Waals surface area contributed by atoms with Gasteiger partial charge >= 0.3 is 0 Å². The van der Waals surface area contributed by atoms with E-state index in [4.69, 9.17) is 4.74 Å². The fourth-order valence-corrected chi connectivity index (χ4v) is 3.60. The molecule has 0 radical (unpaired) electrons. The van der Waals surface area contributed by atoms with E-state index in [9.17, 15) is 4.79 Å². The third-order valence-electron chi connectivity index (χ3n) is 5.28. The molecule has 4 rings (SSSR count). The Balaban J connectivity index is 1.26. The lowest BCUT2D eigenvalue weighted by Crippen LogP contribution is -2.48. The van der Waals surface area contributed by atoms with E-state index in [1.165, 1.54) is 5.56 Å². The highest BCUT2D eigenvalue weighted by molar-refractivity contribution is 5.92. The molecule has 2 aromatic carbocycles. The third-order valence-corrected chi connectivity index (χ3v) is 5.28. The van der Waals surface area contributed by atoms with Crippen LogP contribution in [-0.4, -0.2) is 65.5 Å². The number of nitrogens with zero attached hydrogens (tertiary/aromatic N) is 3. The topological polar surface area (TPSA) is 73.5 Å². The first-order valence-corrected chi connectivity index (χ1v) is 9.93. The lowest BCUT2D eigenvalue weighted by Gasteiger charge is -2.33. The number of nitrogens with one attached hydrogen (secondary N) is 2. The highest BCUT2D eigenvalue weighted by Crippen LogP contribution is 2.19. The summed E-state index contributed by atoms with van der Waals surface area (Å²) < 4.78 is 5.27. The predicted molar refractivity (Wildman–Crippen MR) is 114 cm³/mol. The SMILES string of the molecule is COc1ccc2nc(CN3CCN(CC(=O)Nc4ccc(C)cc4)CC3)[nH]c2c1. The summed E-state index contributed by atoms with van der Waals surface area (Å²) in [6, 6.07) is 13.7. The molecule has 0 spiro atoms. The Morgan fingerprint density at radius 1 is 1.10 bits per heavy atom. The smallest absolute Gasteiger partial charge is 0.238 e. The van der Waals surface area contributed by atoms with Crippen LogP contribution in [0.3, 0.4) is 0 Å².